The Hall–Kier alpha value is -2.21. The van der Waals surface area contributed by atoms with Gasteiger partial charge in [0.2, 0.25) is 5.91 Å². The standard InChI is InChI=1S/C17H21N3O2S/c1-5-13(12-9-7-6-8-10-12)15(21)19-17-18-11(2)14(23-17)16(22)20(3)4/h6-10,13H,5H2,1-4H3,(H,18,19,21)/t13-/m1/s1. The van der Waals surface area contributed by atoms with E-state index in [0.29, 0.717) is 22.1 Å². The van der Waals surface area contributed by atoms with Crippen molar-refractivity contribution >= 4 is 28.3 Å². The SMILES string of the molecule is CC[C@@H](C(=O)Nc1nc(C)c(C(=O)N(C)C)s1)c1ccccc1. The summed E-state index contributed by atoms with van der Waals surface area (Å²) in [7, 11) is 3.39. The number of hydrogen-bond acceptors (Lipinski definition) is 4. The molecule has 2 rings (SSSR count). The Morgan fingerprint density at radius 3 is 2.48 bits per heavy atom. The predicted molar refractivity (Wildman–Crippen MR) is 93.0 cm³/mol. The molecule has 0 fully saturated rings. The molecule has 0 spiro atoms. The van der Waals surface area contributed by atoms with Crippen LogP contribution in [0.3, 0.4) is 0 Å². The predicted octanol–water partition coefficient (Wildman–Crippen LogP) is 3.29. The van der Waals surface area contributed by atoms with E-state index in [1.165, 1.54) is 16.2 Å². The van der Waals surface area contributed by atoms with E-state index < -0.39 is 0 Å². The number of thiazole rings is 1. The van der Waals surface area contributed by atoms with Crippen LogP contribution in [0.1, 0.15) is 40.2 Å². The van der Waals surface area contributed by atoms with Gasteiger partial charge >= 0.3 is 0 Å². The Bertz CT molecular complexity index is 695. The zero-order valence-electron chi connectivity index (χ0n) is 13.8. The molecule has 0 bridgehead atoms. The third-order valence-corrected chi connectivity index (χ3v) is 4.61. The number of benzene rings is 1. The summed E-state index contributed by atoms with van der Waals surface area (Å²) in [5.41, 5.74) is 1.61. The second kappa shape index (κ2) is 7.37. The highest BCUT2D eigenvalue weighted by molar-refractivity contribution is 7.17. The minimum Gasteiger partial charge on any atom is -0.344 e. The highest BCUT2D eigenvalue weighted by Gasteiger charge is 2.22. The lowest BCUT2D eigenvalue weighted by molar-refractivity contribution is -0.117. The van der Waals surface area contributed by atoms with Crippen LogP contribution in [0, 0.1) is 6.92 Å². The second-order valence-electron chi connectivity index (χ2n) is 5.49. The minimum absolute atomic E-state index is 0.101. The van der Waals surface area contributed by atoms with E-state index in [4.69, 9.17) is 0 Å². The molecule has 23 heavy (non-hydrogen) atoms. The van der Waals surface area contributed by atoms with Crippen molar-refractivity contribution in [1.29, 1.82) is 0 Å². The molecule has 1 aromatic carbocycles. The second-order valence-corrected chi connectivity index (χ2v) is 6.49. The average molecular weight is 331 g/mol. The van der Waals surface area contributed by atoms with Crippen molar-refractivity contribution in [1.82, 2.24) is 9.88 Å². The molecular formula is C17H21N3O2S. The van der Waals surface area contributed by atoms with Crippen molar-refractivity contribution in [3.05, 3.63) is 46.5 Å². The van der Waals surface area contributed by atoms with Crippen molar-refractivity contribution in [3.63, 3.8) is 0 Å². The minimum atomic E-state index is -0.228. The molecular weight excluding hydrogens is 310 g/mol. The molecule has 0 unspecified atom stereocenters. The van der Waals surface area contributed by atoms with Gasteiger partial charge in [-0.1, -0.05) is 48.6 Å². The fraction of sp³-hybridized carbons (Fsp3) is 0.353. The van der Waals surface area contributed by atoms with E-state index in [1.54, 1.807) is 21.0 Å². The summed E-state index contributed by atoms with van der Waals surface area (Å²) in [6, 6.07) is 9.67. The fourth-order valence-electron chi connectivity index (χ4n) is 2.30. The monoisotopic (exact) mass is 331 g/mol. The first kappa shape index (κ1) is 17.1. The fourth-order valence-corrected chi connectivity index (χ4v) is 3.29. The molecule has 1 atom stereocenters. The molecule has 6 heteroatoms. The molecule has 0 aliphatic heterocycles. The number of hydrogen-bond donors (Lipinski definition) is 1. The van der Waals surface area contributed by atoms with Crippen LogP contribution in [-0.2, 0) is 4.79 Å². The first-order chi connectivity index (χ1) is 10.9. The number of anilines is 1. The summed E-state index contributed by atoms with van der Waals surface area (Å²) >= 11 is 1.21. The van der Waals surface area contributed by atoms with Crippen LogP contribution in [0.5, 0.6) is 0 Å². The van der Waals surface area contributed by atoms with Gasteiger partial charge in [-0.15, -0.1) is 0 Å². The lowest BCUT2D eigenvalue weighted by atomic mass is 9.96. The normalized spacial score (nSPS) is 11.8. The molecule has 1 heterocycles. The van der Waals surface area contributed by atoms with E-state index in [9.17, 15) is 9.59 Å². The van der Waals surface area contributed by atoms with Gasteiger partial charge in [-0.2, -0.15) is 0 Å². The number of nitrogens with one attached hydrogen (secondary N) is 1. The molecule has 122 valence electrons. The van der Waals surface area contributed by atoms with E-state index in [2.05, 4.69) is 10.3 Å². The summed E-state index contributed by atoms with van der Waals surface area (Å²) in [4.78, 5) is 31.0. The van der Waals surface area contributed by atoms with E-state index in [1.807, 2.05) is 37.3 Å². The third kappa shape index (κ3) is 3.96. The number of carbonyl (C=O) groups is 2. The molecule has 0 aliphatic carbocycles. The topological polar surface area (TPSA) is 62.3 Å². The molecule has 2 amide bonds. The lowest BCUT2D eigenvalue weighted by Crippen LogP contribution is -2.21. The van der Waals surface area contributed by atoms with Gasteiger partial charge in [0.05, 0.1) is 11.6 Å². The molecule has 0 saturated carbocycles. The quantitative estimate of drug-likeness (QED) is 0.914. The van der Waals surface area contributed by atoms with Crippen molar-refractivity contribution in [2.45, 2.75) is 26.2 Å². The van der Waals surface area contributed by atoms with Crippen LogP contribution in [0.15, 0.2) is 30.3 Å². The van der Waals surface area contributed by atoms with Crippen LogP contribution >= 0.6 is 11.3 Å². The van der Waals surface area contributed by atoms with Gasteiger partial charge in [-0.05, 0) is 18.9 Å². The number of nitrogens with zero attached hydrogens (tertiary/aromatic N) is 2. The number of aryl methyl sites for hydroxylation is 1. The van der Waals surface area contributed by atoms with Crippen LogP contribution in [0.25, 0.3) is 0 Å². The van der Waals surface area contributed by atoms with Crippen molar-refractivity contribution in [2.24, 2.45) is 0 Å². The number of carbonyl (C=O) groups excluding carboxylic acids is 2. The molecule has 0 saturated heterocycles. The largest absolute Gasteiger partial charge is 0.344 e. The zero-order valence-corrected chi connectivity index (χ0v) is 14.6. The zero-order chi connectivity index (χ0) is 17.0. The van der Waals surface area contributed by atoms with Crippen molar-refractivity contribution < 1.29 is 9.59 Å². The van der Waals surface area contributed by atoms with Crippen LogP contribution in [0.4, 0.5) is 5.13 Å². The van der Waals surface area contributed by atoms with E-state index in [-0.39, 0.29) is 17.7 Å². The molecule has 1 N–H and O–H groups in total. The first-order valence-corrected chi connectivity index (χ1v) is 8.30. The number of aromatic nitrogens is 1. The lowest BCUT2D eigenvalue weighted by Gasteiger charge is -2.14. The third-order valence-electron chi connectivity index (χ3n) is 3.55. The first-order valence-electron chi connectivity index (χ1n) is 7.49. The highest BCUT2D eigenvalue weighted by atomic mass is 32.1. The maximum Gasteiger partial charge on any atom is 0.265 e. The summed E-state index contributed by atoms with van der Waals surface area (Å²) in [5.74, 6) is -0.430. The Balaban J connectivity index is 2.17. The molecule has 0 aliphatic rings. The smallest absolute Gasteiger partial charge is 0.265 e. The molecule has 0 radical (unpaired) electrons. The van der Waals surface area contributed by atoms with Gasteiger partial charge in [0, 0.05) is 14.1 Å². The average Bonchev–Trinajstić information content (AvgIpc) is 2.88. The molecule has 2 aromatic rings. The highest BCUT2D eigenvalue weighted by Crippen LogP contribution is 2.26. The van der Waals surface area contributed by atoms with E-state index >= 15 is 0 Å². The van der Waals surface area contributed by atoms with Gasteiger partial charge in [0.15, 0.2) is 5.13 Å². The van der Waals surface area contributed by atoms with Gasteiger partial charge < -0.3 is 10.2 Å². The number of rotatable bonds is 5. The summed E-state index contributed by atoms with van der Waals surface area (Å²) in [6.45, 7) is 3.75. The summed E-state index contributed by atoms with van der Waals surface area (Å²) in [6.07, 6.45) is 0.698. The van der Waals surface area contributed by atoms with Gasteiger partial charge in [0.25, 0.3) is 5.91 Å². The summed E-state index contributed by atoms with van der Waals surface area (Å²) < 4.78 is 0. The molecule has 1 aromatic heterocycles. The molecule has 5 nitrogen and oxygen atoms in total. The van der Waals surface area contributed by atoms with Crippen LogP contribution < -0.4 is 5.32 Å². The Kier molecular flexibility index (Phi) is 5.50. The maximum absolute atomic E-state index is 12.5. The Labute approximate surface area is 140 Å². The van der Waals surface area contributed by atoms with Crippen molar-refractivity contribution in [2.75, 3.05) is 19.4 Å². The van der Waals surface area contributed by atoms with Gasteiger partial charge in [-0.3, -0.25) is 9.59 Å². The van der Waals surface area contributed by atoms with Gasteiger partial charge in [-0.25, -0.2) is 4.98 Å². The Morgan fingerprint density at radius 1 is 1.26 bits per heavy atom. The number of amides is 2. The van der Waals surface area contributed by atoms with Gasteiger partial charge in [0.1, 0.15) is 4.88 Å². The van der Waals surface area contributed by atoms with Crippen molar-refractivity contribution in [3.8, 4) is 0 Å². The summed E-state index contributed by atoms with van der Waals surface area (Å²) in [5, 5.41) is 3.31. The van der Waals surface area contributed by atoms with Crippen LogP contribution in [0.2, 0.25) is 0 Å². The Morgan fingerprint density at radius 2 is 1.91 bits per heavy atom. The van der Waals surface area contributed by atoms with Crippen LogP contribution in [-0.4, -0.2) is 35.8 Å². The maximum atomic E-state index is 12.5. The van der Waals surface area contributed by atoms with E-state index in [0.717, 1.165) is 5.56 Å².